The molecule has 1 aromatic carbocycles. The molecule has 0 aliphatic carbocycles. The molecule has 0 aliphatic heterocycles. The van der Waals surface area contributed by atoms with Gasteiger partial charge < -0.3 is 25.0 Å². The number of hydrogen-bond acceptors (Lipinski definition) is 4. The van der Waals surface area contributed by atoms with Gasteiger partial charge in [0.2, 0.25) is 5.91 Å². The zero-order valence-corrected chi connectivity index (χ0v) is 15.3. The molecular formula is C17H28N4O3. The number of rotatable bonds is 7. The van der Waals surface area contributed by atoms with Gasteiger partial charge in [-0.25, -0.2) is 4.99 Å². The standard InChI is InChI=1S/C17H28N4O3/c1-12(2)10-18-17(19-11-16(22)21(3)4)20-13-7-8-14(23-5)15(9-13)24-6/h7-9,12H,10-11H2,1-6H3,(H2,18,19,20). The fourth-order valence-corrected chi connectivity index (χ4v) is 1.78. The smallest absolute Gasteiger partial charge is 0.243 e. The molecule has 0 fully saturated rings. The Bertz CT molecular complexity index is 571. The van der Waals surface area contributed by atoms with E-state index in [4.69, 9.17) is 9.47 Å². The van der Waals surface area contributed by atoms with Crippen LogP contribution in [-0.4, -0.2) is 58.2 Å². The minimum atomic E-state index is -0.0621. The van der Waals surface area contributed by atoms with Gasteiger partial charge in [0, 0.05) is 32.4 Å². The number of ether oxygens (including phenoxy) is 2. The SMILES string of the molecule is COc1ccc(NC(=NCC(=O)N(C)C)NCC(C)C)cc1OC. The van der Waals surface area contributed by atoms with Crippen LogP contribution in [0.4, 0.5) is 5.69 Å². The number of hydrogen-bond donors (Lipinski definition) is 2. The number of nitrogens with one attached hydrogen (secondary N) is 2. The molecule has 1 amide bonds. The molecule has 0 spiro atoms. The van der Waals surface area contributed by atoms with Crippen LogP contribution in [0.5, 0.6) is 11.5 Å². The lowest BCUT2D eigenvalue weighted by Gasteiger charge is -2.16. The summed E-state index contributed by atoms with van der Waals surface area (Å²) < 4.78 is 10.5. The fraction of sp³-hybridized carbons (Fsp3) is 0.529. The van der Waals surface area contributed by atoms with Crippen molar-refractivity contribution in [3.8, 4) is 11.5 Å². The van der Waals surface area contributed by atoms with Gasteiger partial charge in [0.25, 0.3) is 0 Å². The molecule has 0 radical (unpaired) electrons. The van der Waals surface area contributed by atoms with Gasteiger partial charge in [-0.2, -0.15) is 0 Å². The molecule has 7 heteroatoms. The molecule has 0 aromatic heterocycles. The second kappa shape index (κ2) is 9.64. The molecule has 2 N–H and O–H groups in total. The minimum absolute atomic E-state index is 0.0621. The van der Waals surface area contributed by atoms with Crippen LogP contribution in [-0.2, 0) is 4.79 Å². The van der Waals surface area contributed by atoms with Gasteiger partial charge >= 0.3 is 0 Å². The van der Waals surface area contributed by atoms with Gasteiger partial charge in [0.15, 0.2) is 17.5 Å². The van der Waals surface area contributed by atoms with Gasteiger partial charge in [-0.05, 0) is 18.1 Å². The van der Waals surface area contributed by atoms with Crippen LogP contribution in [0, 0.1) is 5.92 Å². The van der Waals surface area contributed by atoms with Crippen LogP contribution < -0.4 is 20.1 Å². The Hall–Kier alpha value is -2.44. The number of anilines is 1. The highest BCUT2D eigenvalue weighted by atomic mass is 16.5. The van der Waals surface area contributed by atoms with Crippen molar-refractivity contribution in [2.45, 2.75) is 13.8 Å². The average molecular weight is 336 g/mol. The fourth-order valence-electron chi connectivity index (χ4n) is 1.78. The third-order valence-electron chi connectivity index (χ3n) is 3.20. The third-order valence-corrected chi connectivity index (χ3v) is 3.20. The number of carbonyl (C=O) groups is 1. The topological polar surface area (TPSA) is 75.2 Å². The summed E-state index contributed by atoms with van der Waals surface area (Å²) in [6, 6.07) is 5.49. The summed E-state index contributed by atoms with van der Waals surface area (Å²) in [5.74, 6) is 2.21. The van der Waals surface area contributed by atoms with E-state index in [9.17, 15) is 4.79 Å². The van der Waals surface area contributed by atoms with Gasteiger partial charge in [-0.3, -0.25) is 4.79 Å². The first-order valence-corrected chi connectivity index (χ1v) is 7.84. The van der Waals surface area contributed by atoms with Crippen molar-refractivity contribution in [1.29, 1.82) is 0 Å². The van der Waals surface area contributed by atoms with Crippen LogP contribution in [0.15, 0.2) is 23.2 Å². The normalized spacial score (nSPS) is 11.2. The number of methoxy groups -OCH3 is 2. The molecule has 0 saturated carbocycles. The Labute approximate surface area is 144 Å². The zero-order chi connectivity index (χ0) is 18.1. The van der Waals surface area contributed by atoms with E-state index < -0.39 is 0 Å². The first-order valence-electron chi connectivity index (χ1n) is 7.84. The summed E-state index contributed by atoms with van der Waals surface area (Å²) in [7, 11) is 6.60. The minimum Gasteiger partial charge on any atom is -0.493 e. The summed E-state index contributed by atoms with van der Waals surface area (Å²) in [5, 5.41) is 6.41. The van der Waals surface area contributed by atoms with E-state index in [0.29, 0.717) is 23.4 Å². The van der Waals surface area contributed by atoms with Crippen LogP contribution >= 0.6 is 0 Å². The van der Waals surface area contributed by atoms with Crippen molar-refractivity contribution < 1.29 is 14.3 Å². The number of nitrogens with zero attached hydrogens (tertiary/aromatic N) is 2. The van der Waals surface area contributed by atoms with E-state index in [1.165, 1.54) is 4.90 Å². The van der Waals surface area contributed by atoms with E-state index in [2.05, 4.69) is 29.5 Å². The number of benzene rings is 1. The lowest BCUT2D eigenvalue weighted by molar-refractivity contribution is -0.127. The van der Waals surface area contributed by atoms with Gasteiger partial charge in [-0.15, -0.1) is 0 Å². The Kier molecular flexibility index (Phi) is 7.88. The highest BCUT2D eigenvalue weighted by molar-refractivity contribution is 5.95. The first kappa shape index (κ1) is 19.6. The third kappa shape index (κ3) is 6.36. The molecule has 134 valence electrons. The second-order valence-electron chi connectivity index (χ2n) is 5.92. The summed E-state index contributed by atoms with van der Waals surface area (Å²) in [6.45, 7) is 5.03. The molecule has 0 saturated heterocycles. The quantitative estimate of drug-likeness (QED) is 0.587. The van der Waals surface area contributed by atoms with E-state index in [1.54, 1.807) is 28.3 Å². The zero-order valence-electron chi connectivity index (χ0n) is 15.3. The Morgan fingerprint density at radius 1 is 1.21 bits per heavy atom. The van der Waals surface area contributed by atoms with Crippen molar-refractivity contribution in [3.05, 3.63) is 18.2 Å². The maximum atomic E-state index is 11.7. The molecule has 24 heavy (non-hydrogen) atoms. The predicted octanol–water partition coefficient (Wildman–Crippen LogP) is 1.81. The van der Waals surface area contributed by atoms with E-state index in [0.717, 1.165) is 12.2 Å². The van der Waals surface area contributed by atoms with Crippen LogP contribution in [0.25, 0.3) is 0 Å². The van der Waals surface area contributed by atoms with Gasteiger partial charge in [0.05, 0.1) is 14.2 Å². The molecule has 1 aromatic rings. The molecular weight excluding hydrogens is 308 g/mol. The number of carbonyl (C=O) groups excluding carboxylic acids is 1. The number of guanidine groups is 1. The number of aliphatic imine (C=N–C) groups is 1. The summed E-state index contributed by atoms with van der Waals surface area (Å²) in [6.07, 6.45) is 0. The highest BCUT2D eigenvalue weighted by Gasteiger charge is 2.08. The predicted molar refractivity (Wildman–Crippen MR) is 97.0 cm³/mol. The Balaban J connectivity index is 2.90. The molecule has 0 bridgehead atoms. The van der Waals surface area contributed by atoms with Crippen molar-refractivity contribution in [2.24, 2.45) is 10.9 Å². The second-order valence-corrected chi connectivity index (χ2v) is 5.92. The number of likely N-dealkylation sites (N-methyl/N-ethyl adjacent to an activating group) is 1. The Morgan fingerprint density at radius 2 is 1.88 bits per heavy atom. The monoisotopic (exact) mass is 336 g/mol. The van der Waals surface area contributed by atoms with Crippen LogP contribution in [0.2, 0.25) is 0 Å². The highest BCUT2D eigenvalue weighted by Crippen LogP contribution is 2.29. The van der Waals surface area contributed by atoms with Crippen LogP contribution in [0.1, 0.15) is 13.8 Å². The molecule has 0 unspecified atom stereocenters. The van der Waals surface area contributed by atoms with Gasteiger partial charge in [0.1, 0.15) is 6.54 Å². The first-order chi connectivity index (χ1) is 11.4. The van der Waals surface area contributed by atoms with Crippen molar-refractivity contribution >= 4 is 17.6 Å². The molecule has 7 nitrogen and oxygen atoms in total. The average Bonchev–Trinajstić information content (AvgIpc) is 2.56. The summed E-state index contributed by atoms with van der Waals surface area (Å²) >= 11 is 0. The van der Waals surface area contributed by atoms with E-state index in [1.807, 2.05) is 18.2 Å². The van der Waals surface area contributed by atoms with Crippen molar-refractivity contribution in [1.82, 2.24) is 10.2 Å². The Morgan fingerprint density at radius 3 is 2.42 bits per heavy atom. The lowest BCUT2D eigenvalue weighted by atomic mass is 10.2. The van der Waals surface area contributed by atoms with E-state index in [-0.39, 0.29) is 12.5 Å². The number of amides is 1. The van der Waals surface area contributed by atoms with Crippen LogP contribution in [0.3, 0.4) is 0 Å². The molecule has 0 heterocycles. The molecule has 0 atom stereocenters. The maximum absolute atomic E-state index is 11.7. The molecule has 0 aliphatic rings. The van der Waals surface area contributed by atoms with Crippen molar-refractivity contribution in [3.63, 3.8) is 0 Å². The largest absolute Gasteiger partial charge is 0.493 e. The maximum Gasteiger partial charge on any atom is 0.243 e. The van der Waals surface area contributed by atoms with Gasteiger partial charge in [-0.1, -0.05) is 13.8 Å². The summed E-state index contributed by atoms with van der Waals surface area (Å²) in [5.41, 5.74) is 0.792. The van der Waals surface area contributed by atoms with E-state index >= 15 is 0 Å². The van der Waals surface area contributed by atoms with Crippen molar-refractivity contribution in [2.75, 3.05) is 46.7 Å². The molecule has 1 rings (SSSR count). The summed E-state index contributed by atoms with van der Waals surface area (Å²) in [4.78, 5) is 17.6. The lowest BCUT2D eigenvalue weighted by Crippen LogP contribution is -2.35.